The molecule has 0 bridgehead atoms. The Hall–Kier alpha value is -2.18. The molecule has 7 nitrogen and oxygen atoms in total. The maximum atomic E-state index is 10.7. The van der Waals surface area contributed by atoms with Gasteiger partial charge in [-0.25, -0.2) is 9.78 Å². The molecule has 0 spiro atoms. The van der Waals surface area contributed by atoms with Crippen LogP contribution in [0.1, 0.15) is 10.6 Å². The van der Waals surface area contributed by atoms with Crippen LogP contribution in [-0.4, -0.2) is 35.4 Å². The summed E-state index contributed by atoms with van der Waals surface area (Å²) < 4.78 is 3.03. The van der Waals surface area contributed by atoms with E-state index in [9.17, 15) is 4.79 Å². The number of nitrogens with zero attached hydrogens (tertiary/aromatic N) is 5. The average Bonchev–Trinajstić information content (AvgIpc) is 2.71. The maximum absolute atomic E-state index is 10.7. The second kappa shape index (κ2) is 2.95. The first-order valence-electron chi connectivity index (χ1n) is 3.80. The molecule has 2 aromatic heterocycles. The molecule has 0 radical (unpaired) electrons. The van der Waals surface area contributed by atoms with E-state index in [1.807, 2.05) is 0 Å². The van der Waals surface area contributed by atoms with E-state index in [0.717, 1.165) is 0 Å². The summed E-state index contributed by atoms with van der Waals surface area (Å²) in [7, 11) is 1.62. The van der Waals surface area contributed by atoms with E-state index in [-0.39, 0.29) is 5.82 Å². The van der Waals surface area contributed by atoms with E-state index in [1.54, 1.807) is 11.6 Å². The van der Waals surface area contributed by atoms with E-state index in [1.165, 1.54) is 23.4 Å². The first-order valence-corrected chi connectivity index (χ1v) is 3.80. The van der Waals surface area contributed by atoms with Crippen molar-refractivity contribution in [1.82, 2.24) is 24.3 Å². The predicted molar refractivity (Wildman–Crippen MR) is 45.1 cm³/mol. The fraction of sp³-hybridized carbons (Fsp3) is 0.143. The first-order chi connectivity index (χ1) is 6.70. The summed E-state index contributed by atoms with van der Waals surface area (Å²) in [4.78, 5) is 14.4. The Morgan fingerprint density at radius 1 is 1.43 bits per heavy atom. The number of aromatic carboxylic acids is 1. The number of carboxylic acid groups (broad SMARTS) is 1. The van der Waals surface area contributed by atoms with Crippen LogP contribution in [0.25, 0.3) is 5.82 Å². The molecule has 14 heavy (non-hydrogen) atoms. The number of carboxylic acids is 1. The van der Waals surface area contributed by atoms with Crippen molar-refractivity contribution < 1.29 is 9.90 Å². The van der Waals surface area contributed by atoms with Crippen molar-refractivity contribution in [2.45, 2.75) is 0 Å². The molecule has 0 saturated carbocycles. The van der Waals surface area contributed by atoms with Gasteiger partial charge in [-0.3, -0.25) is 4.57 Å². The SMILES string of the molecule is Cn1c(-n2cnnc2)cnc1C(=O)O. The minimum atomic E-state index is -1.06. The number of hydrogen-bond acceptors (Lipinski definition) is 4. The van der Waals surface area contributed by atoms with E-state index < -0.39 is 5.97 Å². The molecule has 0 aliphatic carbocycles. The van der Waals surface area contributed by atoms with Crippen LogP contribution in [0.2, 0.25) is 0 Å². The molecule has 0 unspecified atom stereocenters. The molecule has 2 heterocycles. The summed E-state index contributed by atoms with van der Waals surface area (Å²) in [5.74, 6) is -0.479. The van der Waals surface area contributed by atoms with Gasteiger partial charge in [0.05, 0.1) is 6.20 Å². The van der Waals surface area contributed by atoms with Gasteiger partial charge in [0.25, 0.3) is 0 Å². The fourth-order valence-electron chi connectivity index (χ4n) is 1.16. The van der Waals surface area contributed by atoms with Crippen LogP contribution in [-0.2, 0) is 7.05 Å². The minimum absolute atomic E-state index is 0.0197. The smallest absolute Gasteiger partial charge is 0.372 e. The molecule has 0 amide bonds. The third-order valence-corrected chi connectivity index (χ3v) is 1.84. The van der Waals surface area contributed by atoms with Crippen LogP contribution in [0, 0.1) is 0 Å². The summed E-state index contributed by atoms with van der Waals surface area (Å²) in [6.45, 7) is 0. The highest BCUT2D eigenvalue weighted by atomic mass is 16.4. The lowest BCUT2D eigenvalue weighted by molar-refractivity contribution is 0.0679. The van der Waals surface area contributed by atoms with Gasteiger partial charge >= 0.3 is 5.97 Å². The highest BCUT2D eigenvalue weighted by molar-refractivity contribution is 5.83. The van der Waals surface area contributed by atoms with Gasteiger partial charge in [0.1, 0.15) is 18.5 Å². The number of carbonyl (C=O) groups is 1. The van der Waals surface area contributed by atoms with Crippen LogP contribution in [0.4, 0.5) is 0 Å². The Balaban J connectivity index is 2.52. The average molecular weight is 193 g/mol. The molecule has 1 N–H and O–H groups in total. The minimum Gasteiger partial charge on any atom is -0.475 e. The van der Waals surface area contributed by atoms with Crippen molar-refractivity contribution in [3.8, 4) is 5.82 Å². The van der Waals surface area contributed by atoms with Crippen LogP contribution in [0.5, 0.6) is 0 Å². The monoisotopic (exact) mass is 193 g/mol. The van der Waals surface area contributed by atoms with Gasteiger partial charge in [-0.15, -0.1) is 10.2 Å². The van der Waals surface area contributed by atoms with Crippen LogP contribution in [0.15, 0.2) is 18.9 Å². The van der Waals surface area contributed by atoms with Crippen LogP contribution < -0.4 is 0 Å². The van der Waals surface area contributed by atoms with Crippen molar-refractivity contribution in [2.24, 2.45) is 7.05 Å². The Labute approximate surface area is 78.6 Å². The highest BCUT2D eigenvalue weighted by Gasteiger charge is 2.13. The molecule has 0 saturated heterocycles. The van der Waals surface area contributed by atoms with Gasteiger partial charge in [0.15, 0.2) is 0 Å². The molecule has 7 heteroatoms. The van der Waals surface area contributed by atoms with Crippen LogP contribution in [0.3, 0.4) is 0 Å². The van der Waals surface area contributed by atoms with Crippen molar-refractivity contribution in [3.05, 3.63) is 24.7 Å². The fourth-order valence-corrected chi connectivity index (χ4v) is 1.16. The van der Waals surface area contributed by atoms with E-state index in [0.29, 0.717) is 5.82 Å². The van der Waals surface area contributed by atoms with E-state index in [2.05, 4.69) is 15.2 Å². The number of hydrogen-bond donors (Lipinski definition) is 1. The van der Waals surface area contributed by atoms with E-state index >= 15 is 0 Å². The third kappa shape index (κ3) is 1.15. The first kappa shape index (κ1) is 8.42. The summed E-state index contributed by atoms with van der Waals surface area (Å²) in [5.41, 5.74) is 0. The number of rotatable bonds is 2. The molecule has 0 atom stereocenters. The van der Waals surface area contributed by atoms with Gasteiger partial charge in [0.2, 0.25) is 5.82 Å². The van der Waals surface area contributed by atoms with Gasteiger partial charge in [0, 0.05) is 7.05 Å². The van der Waals surface area contributed by atoms with Crippen molar-refractivity contribution >= 4 is 5.97 Å². The summed E-state index contributed by atoms with van der Waals surface area (Å²) in [6.07, 6.45) is 4.40. The molecule has 0 aliphatic rings. The summed E-state index contributed by atoms with van der Waals surface area (Å²) in [5, 5.41) is 16.0. The second-order valence-electron chi connectivity index (χ2n) is 2.67. The molecule has 0 aliphatic heterocycles. The molecular formula is C7H7N5O2. The predicted octanol–water partition coefficient (Wildman–Crippen LogP) is -0.301. The topological polar surface area (TPSA) is 85.8 Å². The second-order valence-corrected chi connectivity index (χ2v) is 2.67. The lowest BCUT2D eigenvalue weighted by atomic mass is 10.6. The zero-order chi connectivity index (χ0) is 10.1. The Morgan fingerprint density at radius 2 is 2.07 bits per heavy atom. The Kier molecular flexibility index (Phi) is 1.77. The van der Waals surface area contributed by atoms with Gasteiger partial charge in [-0.2, -0.15) is 0 Å². The molecule has 2 rings (SSSR count). The maximum Gasteiger partial charge on any atom is 0.372 e. The molecular weight excluding hydrogens is 186 g/mol. The normalized spacial score (nSPS) is 10.4. The number of aromatic nitrogens is 5. The Bertz CT molecular complexity index is 458. The van der Waals surface area contributed by atoms with Crippen molar-refractivity contribution in [3.63, 3.8) is 0 Å². The largest absolute Gasteiger partial charge is 0.475 e. The number of imidazole rings is 1. The lowest BCUT2D eigenvalue weighted by Gasteiger charge is -2.01. The van der Waals surface area contributed by atoms with Crippen molar-refractivity contribution in [1.29, 1.82) is 0 Å². The summed E-state index contributed by atoms with van der Waals surface area (Å²) in [6, 6.07) is 0. The van der Waals surface area contributed by atoms with Crippen molar-refractivity contribution in [2.75, 3.05) is 0 Å². The molecule has 2 aromatic rings. The molecule has 0 fully saturated rings. The van der Waals surface area contributed by atoms with Gasteiger partial charge in [-0.05, 0) is 0 Å². The quantitative estimate of drug-likeness (QED) is 0.707. The van der Waals surface area contributed by atoms with Gasteiger partial charge in [-0.1, -0.05) is 0 Å². The molecule has 0 aromatic carbocycles. The summed E-state index contributed by atoms with van der Waals surface area (Å²) >= 11 is 0. The highest BCUT2D eigenvalue weighted by Crippen LogP contribution is 2.07. The zero-order valence-electron chi connectivity index (χ0n) is 7.32. The lowest BCUT2D eigenvalue weighted by Crippen LogP contribution is -2.08. The Morgan fingerprint density at radius 3 is 2.57 bits per heavy atom. The standard InChI is InChI=1S/C7H7N5O2/c1-11-5(12-3-9-10-4-12)2-8-6(11)7(13)14/h2-4H,1H3,(H,13,14). The van der Waals surface area contributed by atoms with E-state index in [4.69, 9.17) is 5.11 Å². The molecule has 72 valence electrons. The van der Waals surface area contributed by atoms with Crippen LogP contribution >= 0.6 is 0 Å². The zero-order valence-corrected chi connectivity index (χ0v) is 7.32. The van der Waals surface area contributed by atoms with Gasteiger partial charge < -0.3 is 9.67 Å². The third-order valence-electron chi connectivity index (χ3n) is 1.84.